The molecule has 5 nitrogen and oxygen atoms in total. The van der Waals surface area contributed by atoms with Gasteiger partial charge in [-0.2, -0.15) is 0 Å². The van der Waals surface area contributed by atoms with Crippen LogP contribution < -0.4 is 0 Å². The van der Waals surface area contributed by atoms with Crippen molar-refractivity contribution in [2.24, 2.45) is 0 Å². The summed E-state index contributed by atoms with van der Waals surface area (Å²) in [6.45, 7) is 4.71. The molecule has 2 aliphatic rings. The van der Waals surface area contributed by atoms with Gasteiger partial charge in [-0.05, 0) is 32.4 Å². The van der Waals surface area contributed by atoms with Gasteiger partial charge in [0.15, 0.2) is 0 Å². The molecular weight excluding hydrogens is 274 g/mol. The van der Waals surface area contributed by atoms with E-state index in [0.29, 0.717) is 6.61 Å². The molecule has 0 N–H and O–H groups in total. The van der Waals surface area contributed by atoms with Gasteiger partial charge < -0.3 is 22.9 Å². The summed E-state index contributed by atoms with van der Waals surface area (Å²) in [5, 5.41) is 0. The van der Waals surface area contributed by atoms with Gasteiger partial charge in [-0.25, -0.2) is 0 Å². The maximum absolute atomic E-state index is 6.25. The Labute approximate surface area is 123 Å². The van der Waals surface area contributed by atoms with Crippen molar-refractivity contribution in [1.29, 1.82) is 0 Å². The van der Waals surface area contributed by atoms with Crippen molar-refractivity contribution in [3.63, 3.8) is 0 Å². The van der Waals surface area contributed by atoms with Crippen LogP contribution in [0.15, 0.2) is 0 Å². The molecule has 2 heterocycles. The lowest BCUT2D eigenvalue weighted by Gasteiger charge is -2.35. The minimum Gasteiger partial charge on any atom is -0.379 e. The molecule has 118 valence electrons. The van der Waals surface area contributed by atoms with Crippen LogP contribution in [0.2, 0.25) is 6.04 Å². The molecule has 0 saturated carbocycles. The zero-order chi connectivity index (χ0) is 14.3. The Bertz CT molecular complexity index is 268. The Morgan fingerprint density at radius 2 is 1.75 bits per heavy atom. The Morgan fingerprint density at radius 3 is 2.40 bits per heavy atom. The Kier molecular flexibility index (Phi) is 6.93. The third kappa shape index (κ3) is 4.79. The third-order valence-corrected chi connectivity index (χ3v) is 7.11. The summed E-state index contributed by atoms with van der Waals surface area (Å²) in [6.07, 6.45) is 6.32. The lowest BCUT2D eigenvalue weighted by Crippen LogP contribution is -2.51. The van der Waals surface area contributed by atoms with Gasteiger partial charge in [0.05, 0.1) is 12.7 Å². The van der Waals surface area contributed by atoms with Crippen LogP contribution in [0.5, 0.6) is 0 Å². The fraction of sp³-hybridized carbons (Fsp3) is 1.00. The Balaban J connectivity index is 1.92. The molecule has 0 spiro atoms. The largest absolute Gasteiger partial charge is 0.500 e. The molecule has 2 rings (SSSR count). The SMILES string of the molecule is CO[Si]1(OC)CCCOCC(CN2CCCCCC2)O1. The highest BCUT2D eigenvalue weighted by Crippen LogP contribution is 2.22. The van der Waals surface area contributed by atoms with Gasteiger partial charge in [0.2, 0.25) is 0 Å². The van der Waals surface area contributed by atoms with E-state index < -0.39 is 8.80 Å². The first kappa shape index (κ1) is 16.4. The highest BCUT2D eigenvalue weighted by molar-refractivity contribution is 6.60. The van der Waals surface area contributed by atoms with Gasteiger partial charge in [-0.3, -0.25) is 0 Å². The van der Waals surface area contributed by atoms with Gasteiger partial charge in [0, 0.05) is 33.4 Å². The van der Waals surface area contributed by atoms with E-state index in [9.17, 15) is 0 Å². The molecule has 6 heteroatoms. The smallest absolute Gasteiger partial charge is 0.379 e. The average molecular weight is 303 g/mol. The molecule has 0 aliphatic carbocycles. The maximum Gasteiger partial charge on any atom is 0.500 e. The predicted molar refractivity (Wildman–Crippen MR) is 79.8 cm³/mol. The molecule has 2 fully saturated rings. The van der Waals surface area contributed by atoms with E-state index in [4.69, 9.17) is 18.0 Å². The van der Waals surface area contributed by atoms with E-state index in [-0.39, 0.29) is 6.10 Å². The van der Waals surface area contributed by atoms with E-state index in [0.717, 1.165) is 25.6 Å². The molecule has 0 aromatic heterocycles. The van der Waals surface area contributed by atoms with Crippen LogP contribution in [0.1, 0.15) is 32.1 Å². The molecule has 1 unspecified atom stereocenters. The summed E-state index contributed by atoms with van der Waals surface area (Å²) in [4.78, 5) is 2.51. The minimum atomic E-state index is -2.48. The highest BCUT2D eigenvalue weighted by Gasteiger charge is 2.42. The van der Waals surface area contributed by atoms with E-state index in [1.54, 1.807) is 14.2 Å². The van der Waals surface area contributed by atoms with Gasteiger partial charge in [-0.1, -0.05) is 12.8 Å². The highest BCUT2D eigenvalue weighted by atomic mass is 28.4. The van der Waals surface area contributed by atoms with Gasteiger partial charge >= 0.3 is 8.80 Å². The van der Waals surface area contributed by atoms with Gasteiger partial charge in [0.25, 0.3) is 0 Å². The number of nitrogens with zero attached hydrogens (tertiary/aromatic N) is 1. The second kappa shape index (κ2) is 8.46. The Hall–Kier alpha value is 0.0169. The number of hydrogen-bond acceptors (Lipinski definition) is 5. The van der Waals surface area contributed by atoms with Crippen molar-refractivity contribution in [1.82, 2.24) is 4.90 Å². The van der Waals surface area contributed by atoms with Crippen LogP contribution in [0, 0.1) is 0 Å². The number of hydrogen-bond donors (Lipinski definition) is 0. The van der Waals surface area contributed by atoms with Gasteiger partial charge in [-0.15, -0.1) is 0 Å². The summed E-state index contributed by atoms with van der Waals surface area (Å²) >= 11 is 0. The van der Waals surface area contributed by atoms with E-state index in [1.165, 1.54) is 38.8 Å². The Morgan fingerprint density at radius 1 is 1.05 bits per heavy atom. The lowest BCUT2D eigenvalue weighted by atomic mass is 10.2. The molecule has 2 aliphatic heterocycles. The average Bonchev–Trinajstić information content (AvgIpc) is 2.71. The normalized spacial score (nSPS) is 29.4. The van der Waals surface area contributed by atoms with Crippen molar-refractivity contribution in [2.75, 3.05) is 47.1 Å². The zero-order valence-corrected chi connectivity index (χ0v) is 13.9. The second-order valence-corrected chi connectivity index (χ2v) is 8.64. The third-order valence-electron chi connectivity index (χ3n) is 4.20. The van der Waals surface area contributed by atoms with E-state index >= 15 is 0 Å². The summed E-state index contributed by atoms with van der Waals surface area (Å²) in [5.74, 6) is 0. The van der Waals surface area contributed by atoms with Crippen LogP contribution in [0.3, 0.4) is 0 Å². The zero-order valence-electron chi connectivity index (χ0n) is 12.9. The van der Waals surface area contributed by atoms with Crippen LogP contribution in [0.25, 0.3) is 0 Å². The molecule has 2 saturated heterocycles. The molecule has 20 heavy (non-hydrogen) atoms. The fourth-order valence-electron chi connectivity index (χ4n) is 3.03. The molecule has 0 aromatic carbocycles. The van der Waals surface area contributed by atoms with Crippen molar-refractivity contribution in [3.05, 3.63) is 0 Å². The van der Waals surface area contributed by atoms with Crippen LogP contribution in [-0.2, 0) is 18.0 Å². The van der Waals surface area contributed by atoms with Gasteiger partial charge in [0.1, 0.15) is 0 Å². The number of ether oxygens (including phenoxy) is 1. The van der Waals surface area contributed by atoms with Crippen molar-refractivity contribution in [2.45, 2.75) is 44.3 Å². The fourth-order valence-corrected chi connectivity index (χ4v) is 5.15. The van der Waals surface area contributed by atoms with Crippen molar-refractivity contribution < 1.29 is 18.0 Å². The van der Waals surface area contributed by atoms with Crippen molar-refractivity contribution in [3.8, 4) is 0 Å². The molecular formula is C14H29NO4Si. The quantitative estimate of drug-likeness (QED) is 0.742. The number of likely N-dealkylation sites (tertiary alicyclic amines) is 1. The van der Waals surface area contributed by atoms with E-state index in [2.05, 4.69) is 4.90 Å². The minimum absolute atomic E-state index is 0.0694. The van der Waals surface area contributed by atoms with Crippen LogP contribution in [-0.4, -0.2) is 66.9 Å². The first-order chi connectivity index (χ1) is 9.78. The lowest BCUT2D eigenvalue weighted by molar-refractivity contribution is -0.0271. The topological polar surface area (TPSA) is 40.2 Å². The second-order valence-electron chi connectivity index (χ2n) is 5.72. The summed E-state index contributed by atoms with van der Waals surface area (Å²) in [7, 11) is 0.939. The number of rotatable bonds is 4. The molecule has 0 aromatic rings. The van der Waals surface area contributed by atoms with E-state index in [1.807, 2.05) is 0 Å². The molecule has 0 radical (unpaired) electrons. The van der Waals surface area contributed by atoms with Crippen LogP contribution >= 0.6 is 0 Å². The molecule has 1 atom stereocenters. The first-order valence-corrected chi connectivity index (χ1v) is 9.79. The van der Waals surface area contributed by atoms with Crippen LogP contribution in [0.4, 0.5) is 0 Å². The summed E-state index contributed by atoms with van der Waals surface area (Å²) in [6, 6.07) is 0.844. The molecule has 0 bridgehead atoms. The first-order valence-electron chi connectivity index (χ1n) is 7.86. The maximum atomic E-state index is 6.25. The summed E-state index contributed by atoms with van der Waals surface area (Å²) in [5.41, 5.74) is 0. The monoisotopic (exact) mass is 303 g/mol. The molecule has 0 amide bonds. The standard InChI is InChI=1S/C14H29NO4Si/c1-16-20(17-2)11-7-10-18-13-14(19-20)12-15-8-5-3-4-6-9-15/h14H,3-13H2,1-2H3. The summed E-state index contributed by atoms with van der Waals surface area (Å²) < 4.78 is 23.2. The predicted octanol–water partition coefficient (Wildman–Crippen LogP) is 1.90. The van der Waals surface area contributed by atoms with Crippen molar-refractivity contribution >= 4 is 8.80 Å².